The van der Waals surface area contributed by atoms with Gasteiger partial charge in [-0.3, -0.25) is 0 Å². The maximum atomic E-state index is 11.8. The number of ether oxygens (including phenoxy) is 1. The van der Waals surface area contributed by atoms with Crippen molar-refractivity contribution in [1.82, 2.24) is 4.73 Å². The number of benzene rings is 1. The molecule has 0 spiro atoms. The van der Waals surface area contributed by atoms with Crippen molar-refractivity contribution in [2.24, 2.45) is 0 Å². The maximum absolute atomic E-state index is 11.8. The number of hydrogen-bond acceptors (Lipinski definition) is 4. The minimum atomic E-state index is -0.444. The van der Waals surface area contributed by atoms with Crippen LogP contribution in [0.25, 0.3) is 11.0 Å². The van der Waals surface area contributed by atoms with E-state index >= 15 is 0 Å². The predicted molar refractivity (Wildman–Crippen MR) is 60.3 cm³/mol. The Hall–Kier alpha value is -2.26. The summed E-state index contributed by atoms with van der Waals surface area (Å²) in [5.41, 5.74) is -0.340. The molecule has 86 valence electrons. The third kappa shape index (κ3) is 1.57. The minimum absolute atomic E-state index is 0.0281. The van der Waals surface area contributed by atoms with Crippen LogP contribution in [0.5, 0.6) is 5.75 Å². The van der Waals surface area contributed by atoms with Gasteiger partial charge in [0.25, 0.3) is 5.52 Å². The molecule has 0 radical (unpaired) electrons. The van der Waals surface area contributed by atoms with Gasteiger partial charge in [0.15, 0.2) is 11.2 Å². The fourth-order valence-electron chi connectivity index (χ4n) is 1.46. The van der Waals surface area contributed by atoms with Gasteiger partial charge in [-0.25, -0.2) is 0 Å². The molecule has 17 heavy (non-hydrogen) atoms. The highest BCUT2D eigenvalue weighted by Gasteiger charge is 2.21. The molecule has 1 aromatic heterocycles. The van der Waals surface area contributed by atoms with Gasteiger partial charge in [-0.1, -0.05) is 11.6 Å². The van der Waals surface area contributed by atoms with Gasteiger partial charge in [-0.05, 0) is 12.1 Å². The SMILES string of the molecule is COc1ccc2c(c1)[n+](=O)c(C#N)c(Cl)n2[O-]. The summed E-state index contributed by atoms with van der Waals surface area (Å²) >= 11 is 5.63. The van der Waals surface area contributed by atoms with E-state index in [9.17, 15) is 10.1 Å². The summed E-state index contributed by atoms with van der Waals surface area (Å²) in [7, 11) is 1.43. The molecule has 0 unspecified atom stereocenters. The van der Waals surface area contributed by atoms with Crippen LogP contribution < -0.4 is 9.16 Å². The standard InChI is InChI=1S/C10H6ClN3O3/c1-17-6-2-3-7-8(4-6)13(15)9(5-12)10(11)14(7)16/h2-4H,1H3. The van der Waals surface area contributed by atoms with Crippen LogP contribution in [0.2, 0.25) is 5.15 Å². The highest BCUT2D eigenvalue weighted by molar-refractivity contribution is 6.30. The van der Waals surface area contributed by atoms with E-state index in [2.05, 4.69) is 0 Å². The summed E-state index contributed by atoms with van der Waals surface area (Å²) < 4.78 is 5.59. The van der Waals surface area contributed by atoms with E-state index in [1.807, 2.05) is 0 Å². The summed E-state index contributed by atoms with van der Waals surface area (Å²) in [6.45, 7) is 0. The molecule has 2 rings (SSSR count). The molecule has 0 amide bonds. The Morgan fingerprint density at radius 2 is 2.29 bits per heavy atom. The van der Waals surface area contributed by atoms with Crippen LogP contribution in [0.4, 0.5) is 0 Å². The van der Waals surface area contributed by atoms with Gasteiger partial charge in [0, 0.05) is 4.91 Å². The Morgan fingerprint density at radius 3 is 2.88 bits per heavy atom. The van der Waals surface area contributed by atoms with Gasteiger partial charge in [0.05, 0.1) is 17.6 Å². The number of nitrogens with zero attached hydrogens (tertiary/aromatic N) is 3. The van der Waals surface area contributed by atoms with Crippen LogP contribution in [0.15, 0.2) is 18.2 Å². The monoisotopic (exact) mass is 251 g/mol. The average molecular weight is 252 g/mol. The second-order valence-electron chi connectivity index (χ2n) is 3.19. The summed E-state index contributed by atoms with van der Waals surface area (Å²) in [6, 6.07) is 5.89. The van der Waals surface area contributed by atoms with Gasteiger partial charge < -0.3 is 14.7 Å². The molecular formula is C10H6ClN3O3. The van der Waals surface area contributed by atoms with Crippen LogP contribution in [-0.4, -0.2) is 11.8 Å². The van der Waals surface area contributed by atoms with Crippen molar-refractivity contribution in [2.75, 3.05) is 7.11 Å². The molecular weight excluding hydrogens is 246 g/mol. The largest absolute Gasteiger partial charge is 0.804 e. The molecule has 7 heteroatoms. The molecule has 0 fully saturated rings. The van der Waals surface area contributed by atoms with Crippen molar-refractivity contribution >= 4 is 22.6 Å². The van der Waals surface area contributed by atoms with Crippen molar-refractivity contribution in [3.05, 3.63) is 39.2 Å². The van der Waals surface area contributed by atoms with Gasteiger partial charge in [0.2, 0.25) is 0 Å². The van der Waals surface area contributed by atoms with Gasteiger partial charge in [0.1, 0.15) is 11.3 Å². The van der Waals surface area contributed by atoms with Crippen molar-refractivity contribution in [3.63, 3.8) is 0 Å². The second kappa shape index (κ2) is 3.96. The molecule has 1 heterocycles. The molecule has 0 aliphatic carbocycles. The highest BCUT2D eigenvalue weighted by Crippen LogP contribution is 2.21. The van der Waals surface area contributed by atoms with E-state index in [1.54, 1.807) is 6.07 Å². The molecule has 0 aliphatic heterocycles. The van der Waals surface area contributed by atoms with E-state index in [0.717, 1.165) is 0 Å². The Balaban J connectivity index is 3.01. The number of aromatic nitrogens is 2. The first kappa shape index (κ1) is 11.2. The zero-order valence-corrected chi connectivity index (χ0v) is 9.43. The lowest BCUT2D eigenvalue weighted by atomic mass is 10.2. The first-order valence-electron chi connectivity index (χ1n) is 4.52. The number of halogens is 1. The van der Waals surface area contributed by atoms with Crippen LogP contribution in [0.3, 0.4) is 0 Å². The van der Waals surface area contributed by atoms with Crippen molar-refractivity contribution in [3.8, 4) is 11.8 Å². The summed E-state index contributed by atoms with van der Waals surface area (Å²) in [5.74, 6) is 0.410. The van der Waals surface area contributed by atoms with Crippen LogP contribution >= 0.6 is 11.6 Å². The van der Waals surface area contributed by atoms with Gasteiger partial charge in [-0.2, -0.15) is 5.26 Å². The van der Waals surface area contributed by atoms with E-state index in [-0.39, 0.29) is 11.0 Å². The lowest BCUT2D eigenvalue weighted by Gasteiger charge is -2.13. The number of rotatable bonds is 1. The molecule has 2 aromatic rings. The highest BCUT2D eigenvalue weighted by atomic mass is 35.5. The molecule has 0 saturated heterocycles. The molecule has 0 bridgehead atoms. The third-order valence-corrected chi connectivity index (χ3v) is 2.64. The molecule has 6 nitrogen and oxygen atoms in total. The lowest BCUT2D eigenvalue weighted by Crippen LogP contribution is -2.23. The summed E-state index contributed by atoms with van der Waals surface area (Å²) in [4.78, 5) is 11.8. The van der Waals surface area contributed by atoms with Crippen molar-refractivity contribution in [2.45, 2.75) is 0 Å². The first-order valence-corrected chi connectivity index (χ1v) is 4.90. The third-order valence-electron chi connectivity index (χ3n) is 2.30. The normalized spacial score (nSPS) is 10.2. The van der Waals surface area contributed by atoms with Gasteiger partial charge in [-0.15, -0.1) is 0 Å². The van der Waals surface area contributed by atoms with Crippen molar-refractivity contribution in [1.29, 1.82) is 5.26 Å². The molecule has 0 saturated carbocycles. The Kier molecular flexibility index (Phi) is 2.61. The predicted octanol–water partition coefficient (Wildman–Crippen LogP) is 1.44. The molecule has 0 atom stereocenters. The van der Waals surface area contributed by atoms with E-state index in [4.69, 9.17) is 21.6 Å². The van der Waals surface area contributed by atoms with Crippen molar-refractivity contribution < 1.29 is 9.16 Å². The van der Waals surface area contributed by atoms with Crippen LogP contribution in [0, 0.1) is 21.4 Å². The van der Waals surface area contributed by atoms with E-state index in [1.165, 1.54) is 25.3 Å². The van der Waals surface area contributed by atoms with Gasteiger partial charge >= 0.3 is 5.69 Å². The Morgan fingerprint density at radius 1 is 1.59 bits per heavy atom. The zero-order valence-electron chi connectivity index (χ0n) is 8.68. The zero-order chi connectivity index (χ0) is 12.6. The number of hydrogen-bond donors (Lipinski definition) is 0. The quantitative estimate of drug-likeness (QED) is 0.718. The average Bonchev–Trinajstić information content (AvgIpc) is 2.36. The number of fused-ring (bicyclic) bond motifs is 1. The smallest absolute Gasteiger partial charge is 0.374 e. The second-order valence-corrected chi connectivity index (χ2v) is 3.55. The topological polar surface area (TPSA) is 84.0 Å². The summed E-state index contributed by atoms with van der Waals surface area (Å²) in [6.07, 6.45) is 0. The van der Waals surface area contributed by atoms with E-state index < -0.39 is 10.8 Å². The number of methoxy groups -OCH3 is 1. The summed E-state index contributed by atoms with van der Waals surface area (Å²) in [5, 5.41) is 20.0. The maximum Gasteiger partial charge on any atom is 0.374 e. The fraction of sp³-hybridized carbons (Fsp3) is 0.100. The Labute approximate surface area is 100 Å². The molecule has 1 aromatic carbocycles. The van der Waals surface area contributed by atoms with Crippen LogP contribution in [-0.2, 0) is 0 Å². The number of nitriles is 1. The molecule has 0 N–H and O–H groups in total. The minimum Gasteiger partial charge on any atom is -0.804 e. The fourth-order valence-corrected chi connectivity index (χ4v) is 1.67. The van der Waals surface area contributed by atoms with Crippen LogP contribution in [0.1, 0.15) is 5.69 Å². The van der Waals surface area contributed by atoms with E-state index in [0.29, 0.717) is 14.9 Å². The molecule has 0 aliphatic rings. The lowest BCUT2D eigenvalue weighted by molar-refractivity contribution is -0.468. The Bertz CT molecular complexity index is 702. The first-order chi connectivity index (χ1) is 8.10.